The number of hydrogen-bond acceptors (Lipinski definition) is 5. The maximum Gasteiger partial charge on any atom is 0.243 e. The van der Waals surface area contributed by atoms with Crippen molar-refractivity contribution in [3.63, 3.8) is 0 Å². The number of hydrogen-bond donors (Lipinski definition) is 1. The highest BCUT2D eigenvalue weighted by Gasteiger charge is 2.32. The summed E-state index contributed by atoms with van der Waals surface area (Å²) in [6.45, 7) is 4.42. The minimum atomic E-state index is -3.58. The lowest BCUT2D eigenvalue weighted by Gasteiger charge is -2.30. The van der Waals surface area contributed by atoms with Crippen LogP contribution in [-0.2, 0) is 14.8 Å². The number of thiazole rings is 1. The van der Waals surface area contributed by atoms with Crippen LogP contribution in [0.2, 0.25) is 0 Å². The Kier molecular flexibility index (Phi) is 6.41. The van der Waals surface area contributed by atoms with Crippen molar-refractivity contribution in [2.24, 2.45) is 5.92 Å². The zero-order valence-electron chi connectivity index (χ0n) is 17.8. The van der Waals surface area contributed by atoms with E-state index in [1.54, 1.807) is 29.6 Å². The molecule has 32 heavy (non-hydrogen) atoms. The number of rotatable bonds is 5. The van der Waals surface area contributed by atoms with E-state index in [2.05, 4.69) is 10.3 Å². The van der Waals surface area contributed by atoms with Gasteiger partial charge in [-0.1, -0.05) is 18.2 Å². The van der Waals surface area contributed by atoms with Crippen molar-refractivity contribution in [3.05, 3.63) is 64.8 Å². The van der Waals surface area contributed by atoms with Crippen LogP contribution in [0.15, 0.2) is 52.7 Å². The van der Waals surface area contributed by atoms with E-state index in [0.29, 0.717) is 42.3 Å². The topological polar surface area (TPSA) is 79.4 Å². The molecule has 0 aliphatic carbocycles. The van der Waals surface area contributed by atoms with Gasteiger partial charge in [-0.15, -0.1) is 11.3 Å². The first-order valence-electron chi connectivity index (χ1n) is 10.3. The molecule has 4 rings (SSSR count). The fraction of sp³-hybridized carbons (Fsp3) is 0.304. The molecule has 1 aromatic heterocycles. The van der Waals surface area contributed by atoms with Crippen LogP contribution in [0, 0.1) is 25.6 Å². The summed E-state index contributed by atoms with van der Waals surface area (Å²) in [5.74, 6) is -0.806. The summed E-state index contributed by atoms with van der Waals surface area (Å²) in [6.07, 6.45) is 0.885. The van der Waals surface area contributed by atoms with Crippen LogP contribution in [0.25, 0.3) is 11.3 Å². The smallest absolute Gasteiger partial charge is 0.243 e. The molecule has 0 bridgehead atoms. The van der Waals surface area contributed by atoms with Crippen molar-refractivity contribution in [3.8, 4) is 11.3 Å². The molecule has 1 aliphatic heterocycles. The van der Waals surface area contributed by atoms with Gasteiger partial charge in [-0.2, -0.15) is 4.31 Å². The molecule has 3 aromatic rings. The van der Waals surface area contributed by atoms with Gasteiger partial charge in [0.05, 0.1) is 10.6 Å². The van der Waals surface area contributed by atoms with Crippen molar-refractivity contribution >= 4 is 32.4 Å². The SMILES string of the molecule is Cc1ccc(S(=O)(=O)N2CCC(C(=O)Nc3nc(-c4cccc(F)c4)cs3)CC2)cc1C. The van der Waals surface area contributed by atoms with Crippen molar-refractivity contribution in [2.45, 2.75) is 31.6 Å². The number of carbonyl (C=O) groups is 1. The van der Waals surface area contributed by atoms with E-state index in [0.717, 1.165) is 11.1 Å². The largest absolute Gasteiger partial charge is 0.302 e. The molecule has 0 unspecified atom stereocenters. The Morgan fingerprint density at radius 2 is 1.88 bits per heavy atom. The molecule has 1 fully saturated rings. The first-order chi connectivity index (χ1) is 15.2. The van der Waals surface area contributed by atoms with E-state index < -0.39 is 10.0 Å². The number of aromatic nitrogens is 1. The lowest BCUT2D eigenvalue weighted by atomic mass is 9.97. The molecule has 1 amide bonds. The van der Waals surface area contributed by atoms with Crippen LogP contribution in [0.4, 0.5) is 9.52 Å². The Balaban J connectivity index is 1.37. The van der Waals surface area contributed by atoms with Gasteiger partial charge in [-0.3, -0.25) is 4.79 Å². The van der Waals surface area contributed by atoms with Crippen LogP contribution in [0.3, 0.4) is 0 Å². The summed E-state index contributed by atoms with van der Waals surface area (Å²) in [6, 6.07) is 11.3. The van der Waals surface area contributed by atoms with Gasteiger partial charge in [0.2, 0.25) is 15.9 Å². The highest BCUT2D eigenvalue weighted by atomic mass is 32.2. The standard InChI is InChI=1S/C23H24FN3O3S2/c1-15-6-7-20(12-16(15)2)32(29,30)27-10-8-17(9-11-27)22(28)26-23-25-21(14-31-23)18-4-3-5-19(24)13-18/h3-7,12-14,17H,8-11H2,1-2H3,(H,25,26,28). The van der Waals surface area contributed by atoms with Gasteiger partial charge in [0.15, 0.2) is 5.13 Å². The van der Waals surface area contributed by atoms with E-state index in [4.69, 9.17) is 0 Å². The fourth-order valence-corrected chi connectivity index (χ4v) is 5.98. The average Bonchev–Trinajstić information content (AvgIpc) is 3.24. The molecule has 168 valence electrons. The molecule has 1 N–H and O–H groups in total. The molecule has 0 radical (unpaired) electrons. The summed E-state index contributed by atoms with van der Waals surface area (Å²) in [4.78, 5) is 17.4. The van der Waals surface area contributed by atoms with E-state index in [-0.39, 0.29) is 22.5 Å². The Bertz CT molecular complexity index is 1250. The molecular formula is C23H24FN3O3S2. The summed E-state index contributed by atoms with van der Waals surface area (Å²) in [5, 5.41) is 5.03. The molecule has 0 atom stereocenters. The minimum Gasteiger partial charge on any atom is -0.302 e. The Morgan fingerprint density at radius 1 is 1.12 bits per heavy atom. The highest BCUT2D eigenvalue weighted by Crippen LogP contribution is 2.28. The second-order valence-electron chi connectivity index (χ2n) is 7.96. The third-order valence-electron chi connectivity index (χ3n) is 5.80. The molecular weight excluding hydrogens is 449 g/mol. The van der Waals surface area contributed by atoms with Crippen molar-refractivity contribution < 1.29 is 17.6 Å². The summed E-state index contributed by atoms with van der Waals surface area (Å²) in [7, 11) is -3.58. The number of aryl methyl sites for hydroxylation is 2. The van der Waals surface area contributed by atoms with Gasteiger partial charge in [0, 0.05) is 30.0 Å². The molecule has 1 saturated heterocycles. The number of sulfonamides is 1. The van der Waals surface area contributed by atoms with E-state index in [1.165, 1.54) is 27.8 Å². The van der Waals surface area contributed by atoms with Crippen LogP contribution in [0.1, 0.15) is 24.0 Å². The normalized spacial score (nSPS) is 15.6. The number of anilines is 1. The molecule has 0 saturated carbocycles. The predicted octanol–water partition coefficient (Wildman–Crippen LogP) is 4.61. The molecule has 0 spiro atoms. The lowest BCUT2D eigenvalue weighted by Crippen LogP contribution is -2.41. The number of carbonyl (C=O) groups excluding carboxylic acids is 1. The molecule has 2 aromatic carbocycles. The van der Waals surface area contributed by atoms with Crippen LogP contribution < -0.4 is 5.32 Å². The maximum atomic E-state index is 13.4. The number of halogens is 1. The average molecular weight is 474 g/mol. The number of amides is 1. The van der Waals surface area contributed by atoms with Crippen molar-refractivity contribution in [1.29, 1.82) is 0 Å². The monoisotopic (exact) mass is 473 g/mol. The van der Waals surface area contributed by atoms with Crippen LogP contribution in [-0.4, -0.2) is 36.7 Å². The van der Waals surface area contributed by atoms with Gasteiger partial charge in [0.25, 0.3) is 0 Å². The first kappa shape index (κ1) is 22.6. The Hall–Kier alpha value is -2.62. The van der Waals surface area contributed by atoms with Crippen molar-refractivity contribution in [1.82, 2.24) is 9.29 Å². The summed E-state index contributed by atoms with van der Waals surface area (Å²) >= 11 is 1.28. The van der Waals surface area contributed by atoms with Crippen molar-refractivity contribution in [2.75, 3.05) is 18.4 Å². The van der Waals surface area contributed by atoms with E-state index in [1.807, 2.05) is 19.9 Å². The zero-order valence-corrected chi connectivity index (χ0v) is 19.5. The van der Waals surface area contributed by atoms with Gasteiger partial charge in [-0.05, 0) is 62.1 Å². The molecule has 9 heteroatoms. The Labute approximate surface area is 191 Å². The quantitative estimate of drug-likeness (QED) is 0.587. The lowest BCUT2D eigenvalue weighted by molar-refractivity contribution is -0.120. The third-order valence-corrected chi connectivity index (χ3v) is 8.45. The second kappa shape index (κ2) is 9.09. The second-order valence-corrected chi connectivity index (χ2v) is 10.8. The maximum absolute atomic E-state index is 13.4. The molecule has 6 nitrogen and oxygen atoms in total. The highest BCUT2D eigenvalue weighted by molar-refractivity contribution is 7.89. The number of nitrogens with zero attached hydrogens (tertiary/aromatic N) is 2. The summed E-state index contributed by atoms with van der Waals surface area (Å²) in [5.41, 5.74) is 3.22. The zero-order chi connectivity index (χ0) is 22.9. The Morgan fingerprint density at radius 3 is 2.56 bits per heavy atom. The number of benzene rings is 2. The van der Waals surface area contributed by atoms with Gasteiger partial charge < -0.3 is 5.32 Å². The number of nitrogens with one attached hydrogen (secondary N) is 1. The predicted molar refractivity (Wildman–Crippen MR) is 124 cm³/mol. The van der Waals surface area contributed by atoms with Crippen LogP contribution >= 0.6 is 11.3 Å². The van der Waals surface area contributed by atoms with E-state index >= 15 is 0 Å². The van der Waals surface area contributed by atoms with Gasteiger partial charge in [-0.25, -0.2) is 17.8 Å². The summed E-state index contributed by atoms with van der Waals surface area (Å²) < 4.78 is 40.8. The van der Waals surface area contributed by atoms with E-state index in [9.17, 15) is 17.6 Å². The molecule has 2 heterocycles. The minimum absolute atomic E-state index is 0.173. The molecule has 1 aliphatic rings. The van der Waals surface area contributed by atoms with Crippen LogP contribution in [0.5, 0.6) is 0 Å². The third kappa shape index (κ3) is 4.74. The van der Waals surface area contributed by atoms with Gasteiger partial charge in [0.1, 0.15) is 5.82 Å². The fourth-order valence-electron chi connectivity index (χ4n) is 3.70. The number of piperidine rings is 1. The first-order valence-corrected chi connectivity index (χ1v) is 12.7. The van der Waals surface area contributed by atoms with Gasteiger partial charge >= 0.3 is 0 Å².